The topological polar surface area (TPSA) is 38.7 Å². The van der Waals surface area contributed by atoms with Crippen LogP contribution in [0.3, 0.4) is 0 Å². The van der Waals surface area contributed by atoms with Crippen molar-refractivity contribution in [2.45, 2.75) is 104 Å². The fourth-order valence-electron chi connectivity index (χ4n) is 7.93. The summed E-state index contributed by atoms with van der Waals surface area (Å²) in [6.07, 6.45) is 14.5. The van der Waals surface area contributed by atoms with E-state index in [-0.39, 0.29) is 23.2 Å². The maximum absolute atomic E-state index is 11.2. The molecule has 0 amide bonds. The largest absolute Gasteiger partial charge is 0.393 e. The second-order valence-corrected chi connectivity index (χ2v) is 13.6. The average molecular weight is 503 g/mol. The van der Waals surface area contributed by atoms with Crippen LogP contribution in [0.25, 0.3) is 6.08 Å². The summed E-state index contributed by atoms with van der Waals surface area (Å²) in [5, 5.41) is 11.2. The van der Waals surface area contributed by atoms with Crippen LogP contribution in [0.15, 0.2) is 52.6 Å². The van der Waals surface area contributed by atoms with Crippen molar-refractivity contribution in [2.24, 2.45) is 22.7 Å². The van der Waals surface area contributed by atoms with Crippen LogP contribution in [0.2, 0.25) is 0 Å². The fourth-order valence-corrected chi connectivity index (χ4v) is 7.93. The Morgan fingerprint density at radius 2 is 1.70 bits per heavy atom. The van der Waals surface area contributed by atoms with Gasteiger partial charge in [-0.25, -0.2) is 0 Å². The zero-order valence-corrected chi connectivity index (χ0v) is 23.4. The Morgan fingerprint density at radius 1 is 0.973 bits per heavy atom. The number of aliphatic hydroxyl groups excluding tert-OH is 1. The van der Waals surface area contributed by atoms with E-state index in [0.29, 0.717) is 17.8 Å². The summed E-state index contributed by atoms with van der Waals surface area (Å²) in [7, 11) is 0. The molecule has 1 aromatic rings. The molecule has 4 aliphatic carbocycles. The predicted molar refractivity (Wildman–Crippen MR) is 150 cm³/mol. The molecular weight excluding hydrogens is 456 g/mol. The number of fused-ring (bicyclic) bond motifs is 3. The zero-order chi connectivity index (χ0) is 25.8. The summed E-state index contributed by atoms with van der Waals surface area (Å²) in [6.45, 7) is 10.6. The van der Waals surface area contributed by atoms with Gasteiger partial charge in [0, 0.05) is 11.3 Å². The summed E-state index contributed by atoms with van der Waals surface area (Å²) in [5.41, 5.74) is 9.14. The maximum atomic E-state index is 11.2. The van der Waals surface area contributed by atoms with E-state index in [1.54, 1.807) is 16.7 Å². The summed E-state index contributed by atoms with van der Waals surface area (Å²) in [6, 6.07) is 9.40. The van der Waals surface area contributed by atoms with Crippen molar-refractivity contribution in [3.63, 3.8) is 0 Å². The van der Waals surface area contributed by atoms with Gasteiger partial charge in [-0.3, -0.25) is 0 Å². The number of benzene rings is 1. The van der Waals surface area contributed by atoms with Gasteiger partial charge in [-0.15, -0.1) is 0 Å². The van der Waals surface area contributed by atoms with Crippen LogP contribution >= 0.6 is 0 Å². The van der Waals surface area contributed by atoms with E-state index in [1.165, 1.54) is 36.0 Å². The number of hydrogen-bond acceptors (Lipinski definition) is 3. The van der Waals surface area contributed by atoms with Crippen LogP contribution in [-0.4, -0.2) is 30.7 Å². The summed E-state index contributed by atoms with van der Waals surface area (Å²) < 4.78 is 12.3. The van der Waals surface area contributed by atoms with Crippen LogP contribution in [0.1, 0.15) is 103 Å². The first kappa shape index (κ1) is 25.6. The molecule has 6 rings (SSSR count). The first-order valence-corrected chi connectivity index (χ1v) is 14.9. The molecule has 1 aliphatic heterocycles. The Labute approximate surface area is 224 Å². The molecule has 5 aliphatic rings. The van der Waals surface area contributed by atoms with Gasteiger partial charge in [-0.1, -0.05) is 75.6 Å². The van der Waals surface area contributed by atoms with Crippen LogP contribution in [-0.2, 0) is 9.47 Å². The first-order valence-electron chi connectivity index (χ1n) is 14.9. The van der Waals surface area contributed by atoms with E-state index in [9.17, 15) is 5.11 Å². The molecule has 0 radical (unpaired) electrons. The highest BCUT2D eigenvalue weighted by Crippen LogP contribution is 2.63. The van der Waals surface area contributed by atoms with E-state index in [1.807, 2.05) is 0 Å². The van der Waals surface area contributed by atoms with Crippen LogP contribution in [0.4, 0.5) is 0 Å². The molecule has 5 atom stereocenters. The van der Waals surface area contributed by atoms with Crippen LogP contribution in [0, 0.1) is 22.7 Å². The van der Waals surface area contributed by atoms with E-state index >= 15 is 0 Å². The van der Waals surface area contributed by atoms with Gasteiger partial charge in [0.05, 0.1) is 19.3 Å². The summed E-state index contributed by atoms with van der Waals surface area (Å²) in [5.74, 6) is 1.53. The van der Waals surface area contributed by atoms with Gasteiger partial charge in [0.25, 0.3) is 0 Å². The van der Waals surface area contributed by atoms with Crippen molar-refractivity contribution in [1.29, 1.82) is 0 Å². The lowest BCUT2D eigenvalue weighted by Gasteiger charge is -2.51. The van der Waals surface area contributed by atoms with Crippen LogP contribution < -0.4 is 0 Å². The zero-order valence-electron chi connectivity index (χ0n) is 23.4. The minimum Gasteiger partial charge on any atom is -0.393 e. The van der Waals surface area contributed by atoms with Gasteiger partial charge in [0.15, 0.2) is 6.29 Å². The van der Waals surface area contributed by atoms with Crippen molar-refractivity contribution in [2.75, 3.05) is 13.2 Å². The SMILES string of the molecule is CCCC1=C2C(c3ccc(C=C4CC4)cc3)CC3(C)C(O)CCC3C2CC/C1=C/C1OCC(C)(C)CO1. The lowest BCUT2D eigenvalue weighted by atomic mass is 9.53. The predicted octanol–water partition coefficient (Wildman–Crippen LogP) is 7.96. The van der Waals surface area contributed by atoms with Gasteiger partial charge in [0.2, 0.25) is 0 Å². The Kier molecular flexibility index (Phi) is 6.79. The highest BCUT2D eigenvalue weighted by atomic mass is 16.7. The maximum Gasteiger partial charge on any atom is 0.177 e. The van der Waals surface area contributed by atoms with Gasteiger partial charge in [-0.2, -0.15) is 0 Å². The number of allylic oxidation sites excluding steroid dienone is 4. The van der Waals surface area contributed by atoms with E-state index in [4.69, 9.17) is 9.47 Å². The number of ether oxygens (including phenoxy) is 2. The Bertz CT molecular complexity index is 1090. The van der Waals surface area contributed by atoms with Crippen molar-refractivity contribution in [3.8, 4) is 0 Å². The summed E-state index contributed by atoms with van der Waals surface area (Å²) >= 11 is 0. The molecule has 37 heavy (non-hydrogen) atoms. The summed E-state index contributed by atoms with van der Waals surface area (Å²) in [4.78, 5) is 0. The lowest BCUT2D eigenvalue weighted by Crippen LogP contribution is -2.44. The number of rotatable bonds is 5. The molecule has 0 bridgehead atoms. The van der Waals surface area contributed by atoms with Gasteiger partial charge in [0.1, 0.15) is 0 Å². The molecule has 3 saturated carbocycles. The molecule has 1 saturated heterocycles. The van der Waals surface area contributed by atoms with Gasteiger partial charge < -0.3 is 14.6 Å². The third kappa shape index (κ3) is 4.92. The van der Waals surface area contributed by atoms with E-state index in [2.05, 4.69) is 64.1 Å². The molecule has 4 fully saturated rings. The molecule has 3 nitrogen and oxygen atoms in total. The third-order valence-corrected chi connectivity index (χ3v) is 10.1. The molecule has 1 N–H and O–H groups in total. The molecule has 0 aromatic heterocycles. The number of hydrogen-bond donors (Lipinski definition) is 1. The van der Waals surface area contributed by atoms with E-state index in [0.717, 1.165) is 51.7 Å². The third-order valence-electron chi connectivity index (χ3n) is 10.1. The second-order valence-electron chi connectivity index (χ2n) is 13.6. The molecule has 1 aromatic carbocycles. The normalized spacial score (nSPS) is 36.5. The monoisotopic (exact) mass is 502 g/mol. The Morgan fingerprint density at radius 3 is 2.38 bits per heavy atom. The van der Waals surface area contributed by atoms with Crippen molar-refractivity contribution in [3.05, 3.63) is 63.8 Å². The van der Waals surface area contributed by atoms with Gasteiger partial charge in [-0.05, 0) is 97.0 Å². The molecule has 1 heterocycles. The molecule has 3 heteroatoms. The minimum atomic E-state index is -0.234. The molecule has 0 spiro atoms. The quantitative estimate of drug-likeness (QED) is 0.444. The first-order chi connectivity index (χ1) is 17.8. The highest BCUT2D eigenvalue weighted by molar-refractivity contribution is 5.57. The Balaban J connectivity index is 1.40. The molecule has 200 valence electrons. The minimum absolute atomic E-state index is 0.00715. The van der Waals surface area contributed by atoms with E-state index < -0.39 is 0 Å². The smallest absolute Gasteiger partial charge is 0.177 e. The van der Waals surface area contributed by atoms with Crippen LogP contribution in [0.5, 0.6) is 0 Å². The standard InChI is InChI=1S/C34H46O3/c1-5-6-26-25(18-31-36-20-33(2,3)21-37-31)13-14-27-29-15-16-30(35)34(29,4)19-28(32(26)27)24-11-9-23(10-12-24)17-22-7-8-22/h9-12,17-18,27-31,35H,5-8,13-16,19-21H2,1-4H3/b25-18-. The fraction of sp³-hybridized carbons (Fsp3) is 0.647. The Hall–Kier alpha value is -1.68. The average Bonchev–Trinajstić information content (AvgIpc) is 3.64. The van der Waals surface area contributed by atoms with Crippen molar-refractivity contribution >= 4 is 6.08 Å². The molecule has 5 unspecified atom stereocenters. The lowest BCUT2D eigenvalue weighted by molar-refractivity contribution is -0.197. The van der Waals surface area contributed by atoms with Crippen molar-refractivity contribution < 1.29 is 14.6 Å². The second kappa shape index (κ2) is 9.81. The van der Waals surface area contributed by atoms with Gasteiger partial charge >= 0.3 is 0 Å². The van der Waals surface area contributed by atoms with Crippen molar-refractivity contribution in [1.82, 2.24) is 0 Å². The highest BCUT2D eigenvalue weighted by Gasteiger charge is 2.56. The number of aliphatic hydroxyl groups is 1. The molecular formula is C34H46O3.